The molecule has 0 saturated heterocycles. The molecule has 0 radical (unpaired) electrons. The van der Waals surface area contributed by atoms with Crippen molar-refractivity contribution >= 4 is 17.7 Å². The van der Waals surface area contributed by atoms with E-state index in [-0.39, 0.29) is 5.91 Å². The Labute approximate surface area is 95.2 Å². The van der Waals surface area contributed by atoms with Gasteiger partial charge in [0.1, 0.15) is 0 Å². The van der Waals surface area contributed by atoms with E-state index in [4.69, 9.17) is 5.73 Å². The lowest BCUT2D eigenvalue weighted by molar-refractivity contribution is -0.118. The van der Waals surface area contributed by atoms with Gasteiger partial charge in [0.05, 0.1) is 0 Å². The Balaban J connectivity index is 2.40. The first-order valence-corrected chi connectivity index (χ1v) is 6.06. The topological polar surface area (TPSA) is 43.1 Å². The van der Waals surface area contributed by atoms with Crippen LogP contribution < -0.4 is 5.73 Å². The van der Waals surface area contributed by atoms with Crippen LogP contribution in [0.4, 0.5) is 0 Å². The number of hydrogen-bond donors (Lipinski definition) is 1. The molecule has 0 aromatic heterocycles. The van der Waals surface area contributed by atoms with E-state index in [1.54, 1.807) is 11.8 Å². The van der Waals surface area contributed by atoms with Gasteiger partial charge in [-0.05, 0) is 37.7 Å². The predicted molar refractivity (Wildman–Crippen MR) is 65.1 cm³/mol. The molecule has 0 saturated carbocycles. The third-order valence-electron chi connectivity index (χ3n) is 2.16. The standard InChI is InChI=1S/C12H17NOS/c1-9-5-6-11(10(2)8-9)15-7-3-4-12(13)14/h5-6,8H,3-4,7H2,1-2H3,(H2,13,14). The highest BCUT2D eigenvalue weighted by Crippen LogP contribution is 2.23. The fourth-order valence-corrected chi connectivity index (χ4v) is 2.35. The van der Waals surface area contributed by atoms with Crippen LogP contribution in [0.3, 0.4) is 0 Å². The van der Waals surface area contributed by atoms with E-state index in [0.29, 0.717) is 6.42 Å². The minimum Gasteiger partial charge on any atom is -0.370 e. The van der Waals surface area contributed by atoms with Crippen molar-refractivity contribution in [3.8, 4) is 0 Å². The Kier molecular flexibility index (Phi) is 4.69. The van der Waals surface area contributed by atoms with Crippen molar-refractivity contribution in [3.05, 3.63) is 29.3 Å². The Morgan fingerprint density at radius 3 is 2.73 bits per heavy atom. The normalized spacial score (nSPS) is 10.3. The van der Waals surface area contributed by atoms with Crippen LogP contribution in [0.2, 0.25) is 0 Å². The largest absolute Gasteiger partial charge is 0.370 e. The van der Waals surface area contributed by atoms with Crippen molar-refractivity contribution in [1.82, 2.24) is 0 Å². The Bertz CT molecular complexity index is 349. The summed E-state index contributed by atoms with van der Waals surface area (Å²) in [6.07, 6.45) is 1.34. The number of benzene rings is 1. The zero-order valence-electron chi connectivity index (χ0n) is 9.25. The summed E-state index contributed by atoms with van der Waals surface area (Å²) in [5.74, 6) is 0.739. The molecule has 0 unspecified atom stereocenters. The first-order valence-electron chi connectivity index (χ1n) is 5.08. The van der Waals surface area contributed by atoms with E-state index in [1.807, 2.05) is 0 Å². The maximum Gasteiger partial charge on any atom is 0.217 e. The lowest BCUT2D eigenvalue weighted by atomic mass is 10.2. The van der Waals surface area contributed by atoms with Gasteiger partial charge in [0.2, 0.25) is 5.91 Å². The Morgan fingerprint density at radius 1 is 1.40 bits per heavy atom. The van der Waals surface area contributed by atoms with Gasteiger partial charge < -0.3 is 5.73 Å². The van der Waals surface area contributed by atoms with Gasteiger partial charge in [-0.3, -0.25) is 4.79 Å². The second-order valence-electron chi connectivity index (χ2n) is 3.69. The van der Waals surface area contributed by atoms with E-state index < -0.39 is 0 Å². The number of carbonyl (C=O) groups excluding carboxylic acids is 1. The Hall–Kier alpha value is -0.960. The molecule has 2 nitrogen and oxygen atoms in total. The van der Waals surface area contributed by atoms with Crippen LogP contribution in [-0.2, 0) is 4.79 Å². The van der Waals surface area contributed by atoms with E-state index in [1.165, 1.54) is 16.0 Å². The summed E-state index contributed by atoms with van der Waals surface area (Å²) >= 11 is 1.79. The first-order chi connectivity index (χ1) is 7.09. The van der Waals surface area contributed by atoms with Crippen molar-refractivity contribution < 1.29 is 4.79 Å². The summed E-state index contributed by atoms with van der Waals surface area (Å²) < 4.78 is 0. The van der Waals surface area contributed by atoms with Crippen LogP contribution in [0.25, 0.3) is 0 Å². The van der Waals surface area contributed by atoms with Crippen LogP contribution in [0.5, 0.6) is 0 Å². The highest BCUT2D eigenvalue weighted by Gasteiger charge is 2.00. The van der Waals surface area contributed by atoms with E-state index in [9.17, 15) is 4.79 Å². The van der Waals surface area contributed by atoms with E-state index >= 15 is 0 Å². The molecule has 1 aromatic rings. The monoisotopic (exact) mass is 223 g/mol. The summed E-state index contributed by atoms with van der Waals surface area (Å²) in [5, 5.41) is 0. The summed E-state index contributed by atoms with van der Waals surface area (Å²) in [4.78, 5) is 11.8. The maximum absolute atomic E-state index is 10.5. The smallest absolute Gasteiger partial charge is 0.217 e. The number of carbonyl (C=O) groups is 1. The highest BCUT2D eigenvalue weighted by atomic mass is 32.2. The number of rotatable bonds is 5. The van der Waals surface area contributed by atoms with Gasteiger partial charge in [0, 0.05) is 11.3 Å². The molecule has 0 aliphatic carbocycles. The molecule has 2 N–H and O–H groups in total. The molecule has 0 aliphatic rings. The molecule has 0 fully saturated rings. The van der Waals surface area contributed by atoms with Crippen LogP contribution in [0.15, 0.2) is 23.1 Å². The predicted octanol–water partition coefficient (Wildman–Crippen LogP) is 2.66. The fraction of sp³-hybridized carbons (Fsp3) is 0.417. The van der Waals surface area contributed by atoms with Crippen LogP contribution in [0.1, 0.15) is 24.0 Å². The molecule has 0 bridgehead atoms. The molecule has 0 aliphatic heterocycles. The average molecular weight is 223 g/mol. The fourth-order valence-electron chi connectivity index (χ4n) is 1.39. The second-order valence-corrected chi connectivity index (χ2v) is 4.82. The quantitative estimate of drug-likeness (QED) is 0.616. The lowest BCUT2D eigenvalue weighted by Gasteiger charge is -2.05. The lowest BCUT2D eigenvalue weighted by Crippen LogP contribution is -2.09. The van der Waals surface area contributed by atoms with Gasteiger partial charge in [-0.15, -0.1) is 11.8 Å². The molecule has 0 atom stereocenters. The zero-order valence-corrected chi connectivity index (χ0v) is 10.1. The minimum atomic E-state index is -0.212. The van der Waals surface area contributed by atoms with Crippen LogP contribution in [0, 0.1) is 13.8 Å². The SMILES string of the molecule is Cc1ccc(SCCCC(N)=O)c(C)c1. The van der Waals surface area contributed by atoms with E-state index in [0.717, 1.165) is 12.2 Å². The summed E-state index contributed by atoms with van der Waals surface area (Å²) in [6, 6.07) is 6.43. The van der Waals surface area contributed by atoms with Crippen molar-refractivity contribution in [2.45, 2.75) is 31.6 Å². The van der Waals surface area contributed by atoms with Gasteiger partial charge in [-0.1, -0.05) is 17.7 Å². The summed E-state index contributed by atoms with van der Waals surface area (Å²) in [7, 11) is 0. The van der Waals surface area contributed by atoms with Gasteiger partial charge in [-0.25, -0.2) is 0 Å². The third-order valence-corrected chi connectivity index (χ3v) is 3.42. The number of primary amides is 1. The second kappa shape index (κ2) is 5.81. The Morgan fingerprint density at radius 2 is 2.13 bits per heavy atom. The van der Waals surface area contributed by atoms with Gasteiger partial charge in [0.15, 0.2) is 0 Å². The molecule has 1 aromatic carbocycles. The van der Waals surface area contributed by atoms with E-state index in [2.05, 4.69) is 32.0 Å². The molecule has 1 amide bonds. The number of aryl methyl sites for hydroxylation is 2. The third kappa shape index (κ3) is 4.38. The van der Waals surface area contributed by atoms with Gasteiger partial charge >= 0.3 is 0 Å². The molecule has 1 rings (SSSR count). The maximum atomic E-state index is 10.5. The van der Waals surface area contributed by atoms with Crippen LogP contribution >= 0.6 is 11.8 Å². The molecular formula is C12H17NOS. The first kappa shape index (κ1) is 12.1. The van der Waals surface area contributed by atoms with Crippen molar-refractivity contribution in [2.75, 3.05) is 5.75 Å². The van der Waals surface area contributed by atoms with Crippen molar-refractivity contribution in [1.29, 1.82) is 0 Å². The summed E-state index contributed by atoms with van der Waals surface area (Å²) in [5.41, 5.74) is 7.66. The molecular weight excluding hydrogens is 206 g/mol. The molecule has 3 heteroatoms. The van der Waals surface area contributed by atoms with Crippen molar-refractivity contribution in [3.63, 3.8) is 0 Å². The number of nitrogens with two attached hydrogens (primary N) is 1. The number of thioether (sulfide) groups is 1. The van der Waals surface area contributed by atoms with Crippen molar-refractivity contribution in [2.24, 2.45) is 5.73 Å². The number of hydrogen-bond acceptors (Lipinski definition) is 2. The molecule has 15 heavy (non-hydrogen) atoms. The average Bonchev–Trinajstić information content (AvgIpc) is 2.14. The zero-order chi connectivity index (χ0) is 11.3. The molecule has 0 spiro atoms. The number of amides is 1. The van der Waals surface area contributed by atoms with Gasteiger partial charge in [-0.2, -0.15) is 0 Å². The summed E-state index contributed by atoms with van der Waals surface area (Å²) in [6.45, 7) is 4.21. The van der Waals surface area contributed by atoms with Crippen LogP contribution in [-0.4, -0.2) is 11.7 Å². The minimum absolute atomic E-state index is 0.212. The van der Waals surface area contributed by atoms with Gasteiger partial charge in [0.25, 0.3) is 0 Å². The molecule has 0 heterocycles. The highest BCUT2D eigenvalue weighted by molar-refractivity contribution is 7.99. The molecule has 82 valence electrons.